The van der Waals surface area contributed by atoms with Crippen molar-refractivity contribution in [2.24, 2.45) is 16.3 Å². The Morgan fingerprint density at radius 3 is 2.35 bits per heavy atom. The van der Waals surface area contributed by atoms with Gasteiger partial charge in [0.1, 0.15) is 0 Å². The van der Waals surface area contributed by atoms with Gasteiger partial charge in [-0.1, -0.05) is 20.3 Å². The molecule has 0 aromatic carbocycles. The molecule has 154 valence electrons. The summed E-state index contributed by atoms with van der Waals surface area (Å²) in [5.74, 6) is 1.64. The molecule has 2 rings (SSSR count). The van der Waals surface area contributed by atoms with E-state index < -0.39 is 0 Å². The molecule has 0 radical (unpaired) electrons. The van der Waals surface area contributed by atoms with Gasteiger partial charge in [-0.3, -0.25) is 9.89 Å². The Hall–Kier alpha value is -0.0800. The number of ether oxygens (including phenoxy) is 1. The van der Waals surface area contributed by atoms with Crippen molar-refractivity contribution >= 4 is 29.9 Å². The van der Waals surface area contributed by atoms with Crippen LogP contribution in [0, 0.1) is 11.3 Å². The molecular weight excluding hydrogens is 439 g/mol. The molecule has 2 fully saturated rings. The number of halogens is 1. The number of nitrogens with zero attached hydrogens (tertiary/aromatic N) is 2. The summed E-state index contributed by atoms with van der Waals surface area (Å²) in [6.45, 7) is 13.0. The topological polar surface area (TPSA) is 48.9 Å². The van der Waals surface area contributed by atoms with Crippen LogP contribution in [0.1, 0.15) is 59.3 Å². The number of hydrogen-bond acceptors (Lipinski definition) is 3. The molecule has 1 heterocycles. The number of hydrogen-bond donors (Lipinski definition) is 2. The lowest BCUT2D eigenvalue weighted by atomic mass is 9.67. The van der Waals surface area contributed by atoms with Gasteiger partial charge in [-0.25, -0.2) is 0 Å². The van der Waals surface area contributed by atoms with E-state index >= 15 is 0 Å². The summed E-state index contributed by atoms with van der Waals surface area (Å²) in [4.78, 5) is 7.58. The van der Waals surface area contributed by atoms with Crippen molar-refractivity contribution in [3.05, 3.63) is 0 Å². The van der Waals surface area contributed by atoms with Gasteiger partial charge in [0.2, 0.25) is 0 Å². The van der Waals surface area contributed by atoms with E-state index in [-0.39, 0.29) is 24.0 Å². The highest BCUT2D eigenvalue weighted by Gasteiger charge is 2.36. The van der Waals surface area contributed by atoms with Gasteiger partial charge in [-0.15, -0.1) is 24.0 Å². The van der Waals surface area contributed by atoms with Crippen molar-refractivity contribution in [1.82, 2.24) is 15.5 Å². The fraction of sp³-hybridized carbons (Fsp3) is 0.950. The SMILES string of the molecule is CCNC(=NCC1(CCOC)CCC1)NCC(C(C)C)N1CCCC1.I. The van der Waals surface area contributed by atoms with Gasteiger partial charge in [0.05, 0.1) is 0 Å². The third-order valence-corrected chi connectivity index (χ3v) is 6.03. The summed E-state index contributed by atoms with van der Waals surface area (Å²) in [7, 11) is 1.80. The van der Waals surface area contributed by atoms with Crippen molar-refractivity contribution in [3.8, 4) is 0 Å². The summed E-state index contributed by atoms with van der Waals surface area (Å²) in [5.41, 5.74) is 0.380. The van der Waals surface area contributed by atoms with E-state index in [1.807, 2.05) is 0 Å². The van der Waals surface area contributed by atoms with Crippen molar-refractivity contribution in [1.29, 1.82) is 0 Å². The van der Waals surface area contributed by atoms with E-state index in [1.165, 1.54) is 45.2 Å². The second-order valence-corrected chi connectivity index (χ2v) is 8.23. The van der Waals surface area contributed by atoms with E-state index in [2.05, 4.69) is 36.3 Å². The summed E-state index contributed by atoms with van der Waals surface area (Å²) < 4.78 is 5.30. The van der Waals surface area contributed by atoms with E-state index in [4.69, 9.17) is 9.73 Å². The zero-order valence-electron chi connectivity index (χ0n) is 17.4. The third-order valence-electron chi connectivity index (χ3n) is 6.03. The molecule has 0 aromatic heterocycles. The Morgan fingerprint density at radius 2 is 1.85 bits per heavy atom. The number of likely N-dealkylation sites (tertiary alicyclic amines) is 1. The lowest BCUT2D eigenvalue weighted by Crippen LogP contribution is -2.49. The maximum atomic E-state index is 5.30. The van der Waals surface area contributed by atoms with Crippen LogP contribution in [0.4, 0.5) is 0 Å². The van der Waals surface area contributed by atoms with Gasteiger partial charge < -0.3 is 15.4 Å². The first-order valence-electron chi connectivity index (χ1n) is 10.4. The summed E-state index contributed by atoms with van der Waals surface area (Å²) in [6, 6.07) is 0.595. The predicted molar refractivity (Wildman–Crippen MR) is 122 cm³/mol. The Kier molecular flexibility index (Phi) is 11.4. The summed E-state index contributed by atoms with van der Waals surface area (Å²) in [6.07, 6.45) is 7.75. The van der Waals surface area contributed by atoms with E-state index in [9.17, 15) is 0 Å². The zero-order valence-corrected chi connectivity index (χ0v) is 19.7. The van der Waals surface area contributed by atoms with Gasteiger partial charge in [0.15, 0.2) is 5.96 Å². The van der Waals surface area contributed by atoms with E-state index in [0.717, 1.165) is 38.6 Å². The van der Waals surface area contributed by atoms with Crippen LogP contribution in [0.5, 0.6) is 0 Å². The van der Waals surface area contributed by atoms with Crippen molar-refractivity contribution in [2.75, 3.05) is 46.4 Å². The normalized spacial score (nSPS) is 21.2. The van der Waals surface area contributed by atoms with Crippen molar-refractivity contribution in [2.45, 2.75) is 65.3 Å². The van der Waals surface area contributed by atoms with Crippen molar-refractivity contribution in [3.63, 3.8) is 0 Å². The number of nitrogens with one attached hydrogen (secondary N) is 2. The van der Waals surface area contributed by atoms with Crippen LogP contribution < -0.4 is 10.6 Å². The molecule has 0 aromatic rings. The Balaban J connectivity index is 0.00000338. The first-order valence-corrected chi connectivity index (χ1v) is 10.4. The monoisotopic (exact) mass is 480 g/mol. The van der Waals surface area contributed by atoms with Crippen LogP contribution in [0.3, 0.4) is 0 Å². The van der Waals surface area contributed by atoms with Crippen LogP contribution >= 0.6 is 24.0 Å². The van der Waals surface area contributed by atoms with Crippen LogP contribution in [-0.4, -0.2) is 63.3 Å². The predicted octanol–water partition coefficient (Wildman–Crippen LogP) is 3.49. The first-order chi connectivity index (χ1) is 12.1. The molecule has 0 spiro atoms. The molecule has 0 amide bonds. The zero-order chi connectivity index (χ0) is 18.1. The number of rotatable bonds is 10. The molecule has 26 heavy (non-hydrogen) atoms. The number of aliphatic imine (C=N–C) groups is 1. The molecule has 5 nitrogen and oxygen atoms in total. The largest absolute Gasteiger partial charge is 0.385 e. The van der Waals surface area contributed by atoms with Gasteiger partial charge in [0, 0.05) is 39.4 Å². The quantitative estimate of drug-likeness (QED) is 0.286. The van der Waals surface area contributed by atoms with Gasteiger partial charge in [-0.05, 0) is 63.5 Å². The maximum Gasteiger partial charge on any atom is 0.191 e. The minimum atomic E-state index is 0. The second kappa shape index (κ2) is 12.4. The molecule has 1 saturated heterocycles. The van der Waals surface area contributed by atoms with E-state index in [1.54, 1.807) is 7.11 Å². The molecule has 1 unspecified atom stereocenters. The van der Waals surface area contributed by atoms with Crippen molar-refractivity contribution < 1.29 is 4.74 Å². The van der Waals surface area contributed by atoms with Gasteiger partial charge in [-0.2, -0.15) is 0 Å². The Morgan fingerprint density at radius 1 is 1.15 bits per heavy atom. The molecule has 2 N–H and O–H groups in total. The summed E-state index contributed by atoms with van der Waals surface area (Å²) in [5, 5.41) is 7.06. The minimum absolute atomic E-state index is 0. The van der Waals surface area contributed by atoms with Crippen LogP contribution in [0.25, 0.3) is 0 Å². The first kappa shape index (κ1) is 24.0. The average Bonchev–Trinajstić information content (AvgIpc) is 3.07. The van der Waals surface area contributed by atoms with E-state index in [0.29, 0.717) is 17.4 Å². The molecular formula is C20H41IN4O. The molecule has 1 aliphatic heterocycles. The highest BCUT2D eigenvalue weighted by atomic mass is 127. The van der Waals surface area contributed by atoms with Gasteiger partial charge >= 0.3 is 0 Å². The molecule has 1 atom stereocenters. The smallest absolute Gasteiger partial charge is 0.191 e. The fourth-order valence-electron chi connectivity index (χ4n) is 4.13. The second-order valence-electron chi connectivity index (χ2n) is 8.23. The average molecular weight is 480 g/mol. The molecule has 1 saturated carbocycles. The summed E-state index contributed by atoms with van der Waals surface area (Å²) >= 11 is 0. The standard InChI is InChI=1S/C20H40N4O.HI/c1-5-21-19(23-16-20(9-8-10-20)11-14-25-4)22-15-18(17(2)3)24-12-6-7-13-24;/h17-18H,5-16H2,1-4H3,(H2,21,22,23);1H. The molecule has 1 aliphatic carbocycles. The number of guanidine groups is 1. The van der Waals surface area contributed by atoms with Crippen LogP contribution in [-0.2, 0) is 4.74 Å². The molecule has 6 heteroatoms. The molecule has 2 aliphatic rings. The molecule has 0 bridgehead atoms. The highest BCUT2D eigenvalue weighted by molar-refractivity contribution is 14.0. The lowest BCUT2D eigenvalue weighted by Gasteiger charge is -2.41. The number of methoxy groups -OCH3 is 1. The maximum absolute atomic E-state index is 5.30. The third kappa shape index (κ3) is 7.15. The van der Waals surface area contributed by atoms with Crippen LogP contribution in [0.15, 0.2) is 4.99 Å². The highest BCUT2D eigenvalue weighted by Crippen LogP contribution is 2.44. The Labute approximate surface area is 178 Å². The van der Waals surface area contributed by atoms with Gasteiger partial charge in [0.25, 0.3) is 0 Å². The van der Waals surface area contributed by atoms with Crippen LogP contribution in [0.2, 0.25) is 0 Å². The fourth-order valence-corrected chi connectivity index (χ4v) is 4.13. The Bertz CT molecular complexity index is 407. The lowest BCUT2D eigenvalue weighted by molar-refractivity contribution is 0.0778. The minimum Gasteiger partial charge on any atom is -0.385 e.